The summed E-state index contributed by atoms with van der Waals surface area (Å²) in [5, 5.41) is -5.27. The van der Waals surface area contributed by atoms with E-state index in [4.69, 9.17) is 30.5 Å². The fourth-order valence-corrected chi connectivity index (χ4v) is 6.84. The first-order chi connectivity index (χ1) is 38.0. The molecule has 0 unspecified atom stereocenters. The van der Waals surface area contributed by atoms with Gasteiger partial charge in [-0.1, -0.05) is 175 Å². The molecule has 0 radical (unpaired) electrons. The van der Waals surface area contributed by atoms with Gasteiger partial charge in [0.15, 0.2) is 0 Å². The van der Waals surface area contributed by atoms with Gasteiger partial charge in [-0.2, -0.15) is 0 Å². The van der Waals surface area contributed by atoms with Crippen molar-refractivity contribution in [1.29, 1.82) is 0 Å². The number of rotatable bonds is 4. The molecule has 246 valence electrons. The number of hydrogen-bond donors (Lipinski definition) is 0. The first kappa shape index (κ1) is 13.2. The van der Waals surface area contributed by atoms with Crippen LogP contribution >= 0.6 is 0 Å². The van der Waals surface area contributed by atoms with Gasteiger partial charge >= 0.3 is 0 Å². The molecule has 1 heteroatoms. The third-order valence-electron chi connectivity index (χ3n) is 9.04. The Labute approximate surface area is 346 Å². The van der Waals surface area contributed by atoms with Crippen molar-refractivity contribution in [3.63, 3.8) is 0 Å². The maximum Gasteiger partial charge on any atom is 0.136 e. The molecule has 10 aromatic carbocycles. The quantitative estimate of drug-likeness (QED) is 0.167. The van der Waals surface area contributed by atoms with E-state index >= 15 is 0 Å². The summed E-state index contributed by atoms with van der Waals surface area (Å²) < 4.78 is 260. The Morgan fingerprint density at radius 1 is 0.340 bits per heavy atom. The fourth-order valence-electron chi connectivity index (χ4n) is 6.84. The van der Waals surface area contributed by atoms with E-state index in [1.165, 1.54) is 24.3 Å². The summed E-state index contributed by atoms with van der Waals surface area (Å²) in [5.41, 5.74) is -4.87. The zero-order chi connectivity index (χ0) is 59.2. The van der Waals surface area contributed by atoms with Crippen LogP contribution in [0.5, 0.6) is 0 Å². The molecule has 0 N–H and O–H groups in total. The standard InChI is InChI=1S/C52H32O/c1-3-18-36-33(14-1)16-11-26-38(36)35-30-31-47-49(32-35)53-48-29-13-28-42(52(47)48)39-20-5-6-21-41(39)51-45-24-9-7-22-43(45)50(44-23-8-10-25-46(44)51)40-27-12-17-34-15-2-4-19-37(34)40/h1-32H/i1D,2D,3D,4D,7D,8D,9D,10D,11D,12D,13D,14D,15D,16D,17D,18D,19D,22D,23D,24D,25D,26D,27D,28D,29D,30D,31D,32D. The maximum atomic E-state index is 9.63. The average Bonchev–Trinajstić information content (AvgIpc) is 3.41. The smallest absolute Gasteiger partial charge is 0.136 e. The molecule has 1 aromatic heterocycles. The first-order valence-corrected chi connectivity index (χ1v) is 16.0. The second-order valence-electron chi connectivity index (χ2n) is 11.8. The Balaban J connectivity index is 1.36. The highest BCUT2D eigenvalue weighted by molar-refractivity contribution is 6.25. The van der Waals surface area contributed by atoms with Gasteiger partial charge in [0.25, 0.3) is 0 Å². The maximum absolute atomic E-state index is 9.63. The third-order valence-corrected chi connectivity index (χ3v) is 9.04. The van der Waals surface area contributed by atoms with Gasteiger partial charge < -0.3 is 4.42 Å². The minimum atomic E-state index is -0.917. The molecular weight excluding hydrogens is 641 g/mol. The largest absolute Gasteiger partial charge is 0.456 e. The number of benzene rings is 10. The molecule has 11 aromatic rings. The number of fused-ring (bicyclic) bond motifs is 7. The van der Waals surface area contributed by atoms with Crippen molar-refractivity contribution in [3.8, 4) is 44.5 Å². The van der Waals surface area contributed by atoms with E-state index in [1.54, 1.807) is 0 Å². The molecule has 11 rings (SSSR count). The van der Waals surface area contributed by atoms with Crippen LogP contribution in [-0.4, -0.2) is 0 Å². The zero-order valence-corrected chi connectivity index (χ0v) is 26.7. The predicted octanol–water partition coefficient (Wildman–Crippen LogP) is 14.9. The number of hydrogen-bond acceptors (Lipinski definition) is 1. The van der Waals surface area contributed by atoms with E-state index in [1.807, 2.05) is 0 Å². The van der Waals surface area contributed by atoms with Crippen LogP contribution in [0.4, 0.5) is 0 Å². The molecule has 0 saturated heterocycles. The van der Waals surface area contributed by atoms with Crippen molar-refractivity contribution in [2.45, 2.75) is 0 Å². The van der Waals surface area contributed by atoms with Crippen molar-refractivity contribution in [3.05, 3.63) is 193 Å². The van der Waals surface area contributed by atoms with Crippen molar-refractivity contribution in [1.82, 2.24) is 0 Å². The van der Waals surface area contributed by atoms with E-state index in [0.717, 1.165) is 0 Å². The monoisotopic (exact) mass is 700 g/mol. The van der Waals surface area contributed by atoms with Crippen LogP contribution in [-0.2, 0) is 0 Å². The van der Waals surface area contributed by atoms with Crippen LogP contribution in [0.15, 0.2) is 198 Å². The molecule has 1 nitrogen and oxygen atoms in total. The molecule has 53 heavy (non-hydrogen) atoms. The van der Waals surface area contributed by atoms with Gasteiger partial charge in [0.05, 0.1) is 38.4 Å². The van der Waals surface area contributed by atoms with Gasteiger partial charge in [-0.15, -0.1) is 0 Å². The van der Waals surface area contributed by atoms with Crippen LogP contribution in [0.1, 0.15) is 38.4 Å². The van der Waals surface area contributed by atoms with Gasteiger partial charge in [0, 0.05) is 10.8 Å². The van der Waals surface area contributed by atoms with Crippen LogP contribution < -0.4 is 0 Å². The zero-order valence-electron chi connectivity index (χ0n) is 54.7. The van der Waals surface area contributed by atoms with E-state index in [9.17, 15) is 12.3 Å². The van der Waals surface area contributed by atoms with E-state index < -0.39 is 257 Å². The fraction of sp³-hybridized carbons (Fsp3) is 0. The summed E-state index contributed by atoms with van der Waals surface area (Å²) in [4.78, 5) is 0. The Morgan fingerprint density at radius 3 is 1.49 bits per heavy atom. The molecule has 0 atom stereocenters. The Kier molecular flexibility index (Phi) is 2.94. The predicted molar refractivity (Wildman–Crippen MR) is 225 cm³/mol. The lowest BCUT2D eigenvalue weighted by Gasteiger charge is -2.20. The highest BCUT2D eigenvalue weighted by atomic mass is 16.3. The van der Waals surface area contributed by atoms with Crippen LogP contribution in [0.25, 0.3) is 110 Å². The van der Waals surface area contributed by atoms with Gasteiger partial charge in [0.2, 0.25) is 0 Å². The summed E-state index contributed by atoms with van der Waals surface area (Å²) in [5.74, 6) is 0. The number of furan rings is 1. The van der Waals surface area contributed by atoms with Crippen molar-refractivity contribution < 1.29 is 42.8 Å². The molecule has 0 aliphatic heterocycles. The molecule has 0 aliphatic rings. The molecule has 0 amide bonds. The van der Waals surface area contributed by atoms with E-state index in [2.05, 4.69) is 0 Å². The summed E-state index contributed by atoms with van der Waals surface area (Å²) in [6.45, 7) is 0. The average molecular weight is 701 g/mol. The normalized spacial score (nSPS) is 19.2. The summed E-state index contributed by atoms with van der Waals surface area (Å²) in [6, 6.07) is -18.2. The highest BCUT2D eigenvalue weighted by Gasteiger charge is 2.21. The molecular formula is C52H32O. The summed E-state index contributed by atoms with van der Waals surface area (Å²) in [6.07, 6.45) is 0. The summed E-state index contributed by atoms with van der Waals surface area (Å²) >= 11 is 0. The minimum Gasteiger partial charge on any atom is -0.456 e. The first-order valence-electron chi connectivity index (χ1n) is 30.0. The lowest BCUT2D eigenvalue weighted by atomic mass is 9.82. The summed E-state index contributed by atoms with van der Waals surface area (Å²) in [7, 11) is 0. The van der Waals surface area contributed by atoms with Crippen molar-refractivity contribution in [2.75, 3.05) is 0 Å². The van der Waals surface area contributed by atoms with E-state index in [0.29, 0.717) is 0 Å². The van der Waals surface area contributed by atoms with Gasteiger partial charge in [-0.05, 0) is 106 Å². The molecule has 0 aliphatic carbocycles. The van der Waals surface area contributed by atoms with Crippen molar-refractivity contribution in [2.24, 2.45) is 0 Å². The topological polar surface area (TPSA) is 13.1 Å². The highest BCUT2D eigenvalue weighted by Crippen LogP contribution is 2.48. The Morgan fingerprint density at radius 2 is 0.830 bits per heavy atom. The second kappa shape index (κ2) is 11.8. The Hall–Kier alpha value is -6.96. The molecule has 0 fully saturated rings. The van der Waals surface area contributed by atoms with Crippen LogP contribution in [0.3, 0.4) is 0 Å². The molecule has 0 spiro atoms. The van der Waals surface area contributed by atoms with Gasteiger partial charge in [0.1, 0.15) is 11.2 Å². The molecule has 0 bridgehead atoms. The molecule has 0 saturated carbocycles. The Bertz CT molecular complexity index is 4750. The van der Waals surface area contributed by atoms with E-state index in [-0.39, 0.29) is 22.1 Å². The van der Waals surface area contributed by atoms with Crippen LogP contribution in [0, 0.1) is 0 Å². The lowest BCUT2D eigenvalue weighted by molar-refractivity contribution is 0.669. The van der Waals surface area contributed by atoms with Gasteiger partial charge in [-0.25, -0.2) is 0 Å². The lowest BCUT2D eigenvalue weighted by Crippen LogP contribution is -1.93. The SMILES string of the molecule is [2H]c1c([2H])c(-c2ccccc2-c2c3c([2H])c([2H])c([2H])c([2H])c3c(-c3c([2H])c([2H])c([2H])c4c([2H])c([2H])c([2H])c([2H])c34)c3c([2H])c([2H])c([2H])c([2H])c23)c2c(oc3c([2H])c(-c4c([2H])c([2H])c([2H])c5c([2H])c([2H])c([2H])c([2H])c45)c([2H])c([2H])c32)c1[2H]. The second-order valence-corrected chi connectivity index (χ2v) is 11.8. The van der Waals surface area contributed by atoms with Gasteiger partial charge in [-0.3, -0.25) is 0 Å². The van der Waals surface area contributed by atoms with Crippen molar-refractivity contribution >= 4 is 65.0 Å². The molecule has 1 heterocycles. The third kappa shape index (κ3) is 4.58. The minimum absolute atomic E-state index is 0.200. The van der Waals surface area contributed by atoms with Crippen LogP contribution in [0.2, 0.25) is 0 Å².